The van der Waals surface area contributed by atoms with Crippen LogP contribution in [0.15, 0.2) is 0 Å². The Morgan fingerprint density at radius 2 is 2.20 bits per heavy atom. The number of carbonyl (C=O) groups is 1. The first-order chi connectivity index (χ1) is 7.09. The average Bonchev–Trinajstić information content (AvgIpc) is 2.17. The highest BCUT2D eigenvalue weighted by Crippen LogP contribution is 2.22. The molecule has 1 amide bonds. The lowest BCUT2D eigenvalue weighted by molar-refractivity contribution is -0.122. The number of hydrogen-bond acceptors (Lipinski definition) is 2. The molecule has 2 unspecified atom stereocenters. The zero-order valence-electron chi connectivity index (χ0n) is 10.2. The van der Waals surface area contributed by atoms with Gasteiger partial charge in [0.25, 0.3) is 0 Å². The summed E-state index contributed by atoms with van der Waals surface area (Å²) < 4.78 is 0. The van der Waals surface area contributed by atoms with E-state index in [1.165, 1.54) is 12.8 Å². The first-order valence-corrected chi connectivity index (χ1v) is 6.09. The molecule has 0 spiro atoms. The minimum absolute atomic E-state index is 0.197. The van der Waals surface area contributed by atoms with Gasteiger partial charge < -0.3 is 10.6 Å². The number of carbonyl (C=O) groups excluding carboxylic acids is 1. The quantitative estimate of drug-likeness (QED) is 0.742. The minimum Gasteiger partial charge on any atom is -0.354 e. The van der Waals surface area contributed by atoms with E-state index in [9.17, 15) is 4.79 Å². The second-order valence-electron chi connectivity index (χ2n) is 5.01. The summed E-state index contributed by atoms with van der Waals surface area (Å²) in [6, 6.07) is 0.259. The molecule has 0 aliphatic carbocycles. The topological polar surface area (TPSA) is 41.1 Å². The van der Waals surface area contributed by atoms with Crippen LogP contribution >= 0.6 is 0 Å². The van der Waals surface area contributed by atoms with E-state index in [-0.39, 0.29) is 11.9 Å². The first-order valence-electron chi connectivity index (χ1n) is 6.09. The van der Waals surface area contributed by atoms with Gasteiger partial charge in [0, 0.05) is 12.5 Å². The third-order valence-electron chi connectivity index (χ3n) is 3.10. The molecule has 1 fully saturated rings. The summed E-state index contributed by atoms with van der Waals surface area (Å²) in [7, 11) is 0. The summed E-state index contributed by atoms with van der Waals surface area (Å²) >= 11 is 0. The van der Waals surface area contributed by atoms with Crippen LogP contribution in [0.3, 0.4) is 0 Å². The molecule has 3 nitrogen and oxygen atoms in total. The van der Waals surface area contributed by atoms with Crippen molar-refractivity contribution in [3.05, 3.63) is 0 Å². The monoisotopic (exact) mass is 212 g/mol. The van der Waals surface area contributed by atoms with Gasteiger partial charge in [-0.25, -0.2) is 0 Å². The molecular formula is C12H24N2O. The molecule has 0 saturated carbocycles. The predicted octanol–water partition coefficient (Wildman–Crippen LogP) is 1.54. The van der Waals surface area contributed by atoms with Crippen molar-refractivity contribution in [1.29, 1.82) is 0 Å². The first kappa shape index (κ1) is 12.5. The van der Waals surface area contributed by atoms with E-state index in [4.69, 9.17) is 0 Å². The maximum Gasteiger partial charge on any atom is 0.220 e. The molecule has 0 bridgehead atoms. The third-order valence-corrected chi connectivity index (χ3v) is 3.10. The maximum absolute atomic E-state index is 11.6. The van der Waals surface area contributed by atoms with E-state index < -0.39 is 0 Å². The molecule has 15 heavy (non-hydrogen) atoms. The van der Waals surface area contributed by atoms with Gasteiger partial charge in [0.15, 0.2) is 0 Å². The van der Waals surface area contributed by atoms with E-state index in [1.807, 2.05) is 13.8 Å². The fourth-order valence-corrected chi connectivity index (χ4v) is 2.20. The minimum atomic E-state index is 0.197. The van der Waals surface area contributed by atoms with E-state index in [0.29, 0.717) is 18.3 Å². The van der Waals surface area contributed by atoms with Crippen molar-refractivity contribution in [2.75, 3.05) is 13.1 Å². The van der Waals surface area contributed by atoms with E-state index in [2.05, 4.69) is 17.6 Å². The van der Waals surface area contributed by atoms with Crippen LogP contribution in [0.5, 0.6) is 0 Å². The second kappa shape index (κ2) is 6.11. The highest BCUT2D eigenvalue weighted by atomic mass is 16.1. The van der Waals surface area contributed by atoms with Gasteiger partial charge in [-0.05, 0) is 51.6 Å². The van der Waals surface area contributed by atoms with Crippen molar-refractivity contribution in [3.8, 4) is 0 Å². The zero-order chi connectivity index (χ0) is 11.3. The van der Waals surface area contributed by atoms with Crippen molar-refractivity contribution >= 4 is 5.91 Å². The van der Waals surface area contributed by atoms with Crippen molar-refractivity contribution in [2.24, 2.45) is 11.8 Å². The van der Waals surface area contributed by atoms with Gasteiger partial charge in [0.2, 0.25) is 5.91 Å². The fraction of sp³-hybridized carbons (Fsp3) is 0.917. The highest BCUT2D eigenvalue weighted by molar-refractivity contribution is 5.76. The Hall–Kier alpha value is -0.570. The van der Waals surface area contributed by atoms with Crippen LogP contribution in [0.25, 0.3) is 0 Å². The SMILES string of the molecule is CC(C)NC(=O)CC(C)C1CCCNC1. The summed E-state index contributed by atoms with van der Waals surface area (Å²) in [5.41, 5.74) is 0. The molecular weight excluding hydrogens is 188 g/mol. The summed E-state index contributed by atoms with van der Waals surface area (Å²) in [4.78, 5) is 11.6. The Morgan fingerprint density at radius 3 is 2.73 bits per heavy atom. The van der Waals surface area contributed by atoms with Gasteiger partial charge in [-0.15, -0.1) is 0 Å². The predicted molar refractivity (Wildman–Crippen MR) is 62.7 cm³/mol. The molecule has 2 atom stereocenters. The lowest BCUT2D eigenvalue weighted by Crippen LogP contribution is -2.37. The van der Waals surface area contributed by atoms with E-state index in [1.54, 1.807) is 0 Å². The largest absolute Gasteiger partial charge is 0.354 e. The highest BCUT2D eigenvalue weighted by Gasteiger charge is 2.21. The van der Waals surface area contributed by atoms with Crippen LogP contribution in [0.2, 0.25) is 0 Å². The number of nitrogens with one attached hydrogen (secondary N) is 2. The molecule has 0 aromatic heterocycles. The molecule has 1 aliphatic rings. The van der Waals surface area contributed by atoms with Crippen LogP contribution in [-0.2, 0) is 4.79 Å². The van der Waals surface area contributed by atoms with Gasteiger partial charge >= 0.3 is 0 Å². The van der Waals surface area contributed by atoms with Crippen LogP contribution in [-0.4, -0.2) is 25.0 Å². The Balaban J connectivity index is 2.27. The Morgan fingerprint density at radius 1 is 1.47 bits per heavy atom. The number of amides is 1. The van der Waals surface area contributed by atoms with E-state index >= 15 is 0 Å². The molecule has 2 N–H and O–H groups in total. The summed E-state index contributed by atoms with van der Waals surface area (Å²) in [5, 5.41) is 6.35. The molecule has 1 aliphatic heterocycles. The van der Waals surface area contributed by atoms with Crippen molar-refractivity contribution in [1.82, 2.24) is 10.6 Å². The summed E-state index contributed by atoms with van der Waals surface area (Å²) in [5.74, 6) is 1.37. The summed E-state index contributed by atoms with van der Waals surface area (Å²) in [6.45, 7) is 8.42. The standard InChI is InChI=1S/C12H24N2O/c1-9(2)14-12(15)7-10(3)11-5-4-6-13-8-11/h9-11,13H,4-8H2,1-3H3,(H,14,15). The molecule has 1 rings (SSSR count). The lowest BCUT2D eigenvalue weighted by atomic mass is 9.85. The van der Waals surface area contributed by atoms with Gasteiger partial charge in [-0.3, -0.25) is 4.79 Å². The third kappa shape index (κ3) is 4.65. The van der Waals surface area contributed by atoms with Gasteiger partial charge in [-0.2, -0.15) is 0 Å². The molecule has 0 aromatic rings. The number of hydrogen-bond donors (Lipinski definition) is 2. The van der Waals surface area contributed by atoms with Gasteiger partial charge in [0.05, 0.1) is 0 Å². The maximum atomic E-state index is 11.6. The zero-order valence-corrected chi connectivity index (χ0v) is 10.2. The summed E-state index contributed by atoms with van der Waals surface area (Å²) in [6.07, 6.45) is 3.19. The average molecular weight is 212 g/mol. The molecule has 1 heterocycles. The molecule has 0 radical (unpaired) electrons. The molecule has 1 saturated heterocycles. The van der Waals surface area contributed by atoms with Crippen LogP contribution < -0.4 is 10.6 Å². The fourth-order valence-electron chi connectivity index (χ4n) is 2.20. The smallest absolute Gasteiger partial charge is 0.220 e. The van der Waals surface area contributed by atoms with Gasteiger partial charge in [-0.1, -0.05) is 6.92 Å². The van der Waals surface area contributed by atoms with E-state index in [0.717, 1.165) is 13.1 Å². The second-order valence-corrected chi connectivity index (χ2v) is 5.01. The van der Waals surface area contributed by atoms with Crippen LogP contribution in [0.1, 0.15) is 40.0 Å². The Kier molecular flexibility index (Phi) is 5.09. The van der Waals surface area contributed by atoms with Crippen molar-refractivity contribution in [2.45, 2.75) is 46.1 Å². The lowest BCUT2D eigenvalue weighted by Gasteiger charge is -2.28. The Labute approximate surface area is 93.0 Å². The molecule has 3 heteroatoms. The van der Waals surface area contributed by atoms with Crippen LogP contribution in [0, 0.1) is 11.8 Å². The number of rotatable bonds is 4. The van der Waals surface area contributed by atoms with Crippen molar-refractivity contribution in [3.63, 3.8) is 0 Å². The Bertz CT molecular complexity index is 198. The molecule has 0 aromatic carbocycles. The van der Waals surface area contributed by atoms with Crippen LogP contribution in [0.4, 0.5) is 0 Å². The van der Waals surface area contributed by atoms with Gasteiger partial charge in [0.1, 0.15) is 0 Å². The van der Waals surface area contributed by atoms with Crippen molar-refractivity contribution < 1.29 is 4.79 Å². The normalized spacial score (nSPS) is 23.9. The molecule has 88 valence electrons. The number of piperidine rings is 1.